The Morgan fingerprint density at radius 2 is 1.13 bits per heavy atom. The molecule has 0 unspecified atom stereocenters. The van der Waals surface area contributed by atoms with Gasteiger partial charge in [-0.3, -0.25) is 0 Å². The molecular formula is C47H35BN2O3S. The molecule has 4 aliphatic rings. The lowest BCUT2D eigenvalue weighted by atomic mass is 9.38. The standard InChI is InChI=1S/C47H35BN2O3S/c1-26-24-33-43-34(25-26)50(32-17-11-22-39-42(32)28-13-3-7-19-36(28)52-39)45-30-15-5-9-23-40(30)54-47(45)48(43)46-44(29-14-4-8-20-37(29)53-46)49(33)31-16-10-21-38-41(31)27-12-2-6-18-35(27)51-38/h2-3,6-7,10-13,16-19,21-22,24-25H,4-5,8-9,14-15,20,23H2,1H3. The molecule has 13 rings (SSSR count). The number of aryl methyl sites for hydroxylation is 3. The van der Waals surface area contributed by atoms with Crippen LogP contribution in [-0.2, 0) is 25.7 Å². The van der Waals surface area contributed by atoms with Crippen LogP contribution in [0.2, 0.25) is 0 Å². The van der Waals surface area contributed by atoms with Gasteiger partial charge in [0.1, 0.15) is 28.1 Å². The van der Waals surface area contributed by atoms with Gasteiger partial charge in [0, 0.05) is 43.8 Å². The highest BCUT2D eigenvalue weighted by Gasteiger charge is 2.50. The highest BCUT2D eigenvalue weighted by molar-refractivity contribution is 7.29. The van der Waals surface area contributed by atoms with E-state index in [4.69, 9.17) is 13.3 Å². The van der Waals surface area contributed by atoms with Gasteiger partial charge in [-0.2, -0.15) is 11.3 Å². The highest BCUT2D eigenvalue weighted by Crippen LogP contribution is 2.53. The van der Waals surface area contributed by atoms with Gasteiger partial charge in [-0.1, -0.05) is 48.5 Å². The lowest BCUT2D eigenvalue weighted by molar-refractivity contribution is 0.497. The van der Waals surface area contributed by atoms with Gasteiger partial charge in [0.2, 0.25) is 0 Å². The largest absolute Gasteiger partial charge is 0.473 e. The summed E-state index contributed by atoms with van der Waals surface area (Å²) in [6.07, 6.45) is 9.06. The van der Waals surface area contributed by atoms with E-state index in [1.54, 1.807) is 4.88 Å². The quantitative estimate of drug-likeness (QED) is 0.167. The maximum absolute atomic E-state index is 7.29. The molecule has 9 aromatic rings. The molecular weight excluding hydrogens is 683 g/mol. The van der Waals surface area contributed by atoms with Crippen LogP contribution in [0.25, 0.3) is 43.9 Å². The van der Waals surface area contributed by atoms with Gasteiger partial charge in [-0.05, 0) is 117 Å². The monoisotopic (exact) mass is 718 g/mol. The van der Waals surface area contributed by atoms with E-state index in [9.17, 15) is 0 Å². The fourth-order valence-corrected chi connectivity index (χ4v) is 11.9. The smallest absolute Gasteiger partial charge is 0.309 e. The van der Waals surface area contributed by atoms with Gasteiger partial charge in [0.15, 0.2) is 0 Å². The minimum atomic E-state index is 0.00916. The van der Waals surface area contributed by atoms with E-state index in [1.165, 1.54) is 85.8 Å². The van der Waals surface area contributed by atoms with Gasteiger partial charge in [0.05, 0.1) is 39.2 Å². The third kappa shape index (κ3) is 3.80. The zero-order valence-corrected chi connectivity index (χ0v) is 30.8. The van der Waals surface area contributed by atoms with Crippen molar-refractivity contribution < 1.29 is 13.3 Å². The Labute approximate surface area is 316 Å². The van der Waals surface area contributed by atoms with E-state index in [1.807, 2.05) is 11.3 Å². The molecule has 5 aromatic carbocycles. The summed E-state index contributed by atoms with van der Waals surface area (Å²) in [6.45, 7) is 2.28. The van der Waals surface area contributed by atoms with Crippen molar-refractivity contribution in [1.29, 1.82) is 0 Å². The molecule has 7 heteroatoms. The Bertz CT molecular complexity index is 2870. The molecule has 0 amide bonds. The van der Waals surface area contributed by atoms with Gasteiger partial charge in [-0.15, -0.1) is 0 Å². The van der Waals surface area contributed by atoms with Crippen LogP contribution in [0.1, 0.15) is 53.0 Å². The van der Waals surface area contributed by atoms with Crippen molar-refractivity contribution in [1.82, 2.24) is 0 Å². The van der Waals surface area contributed by atoms with Crippen LogP contribution in [0.3, 0.4) is 0 Å². The van der Waals surface area contributed by atoms with Crippen molar-refractivity contribution in [3.05, 3.63) is 124 Å². The molecule has 4 aromatic heterocycles. The normalized spacial score (nSPS) is 15.9. The molecule has 0 spiro atoms. The lowest BCUT2D eigenvalue weighted by Crippen LogP contribution is -2.60. The summed E-state index contributed by atoms with van der Waals surface area (Å²) in [5.74, 6) is 1.17. The van der Waals surface area contributed by atoms with Crippen LogP contribution in [-0.4, -0.2) is 6.71 Å². The predicted molar refractivity (Wildman–Crippen MR) is 223 cm³/mol. The molecule has 6 heterocycles. The number of hydrogen-bond donors (Lipinski definition) is 0. The molecule has 0 fully saturated rings. The van der Waals surface area contributed by atoms with E-state index in [2.05, 4.69) is 114 Å². The maximum atomic E-state index is 7.29. The minimum absolute atomic E-state index is 0.00916. The fraction of sp³-hybridized carbons (Fsp3) is 0.191. The van der Waals surface area contributed by atoms with E-state index < -0.39 is 0 Å². The zero-order chi connectivity index (χ0) is 35.2. The number of furan rings is 3. The minimum Gasteiger partial charge on any atom is -0.473 e. The number of fused-ring (bicyclic) bond motifs is 14. The third-order valence-electron chi connectivity index (χ3n) is 12.6. The number of thiophene rings is 1. The first-order valence-electron chi connectivity index (χ1n) is 19.6. The van der Waals surface area contributed by atoms with Crippen molar-refractivity contribution in [2.24, 2.45) is 0 Å². The van der Waals surface area contributed by atoms with Crippen LogP contribution < -0.4 is 25.7 Å². The molecule has 260 valence electrons. The Morgan fingerprint density at radius 1 is 0.556 bits per heavy atom. The Morgan fingerprint density at radius 3 is 1.81 bits per heavy atom. The van der Waals surface area contributed by atoms with Crippen molar-refractivity contribution >= 4 is 112 Å². The van der Waals surface area contributed by atoms with Gasteiger partial charge in [0.25, 0.3) is 0 Å². The van der Waals surface area contributed by atoms with Crippen molar-refractivity contribution in [2.45, 2.75) is 58.3 Å². The van der Waals surface area contributed by atoms with Crippen LogP contribution >= 0.6 is 11.3 Å². The number of hydrogen-bond acceptors (Lipinski definition) is 6. The Kier molecular flexibility index (Phi) is 5.91. The van der Waals surface area contributed by atoms with Gasteiger partial charge >= 0.3 is 6.71 Å². The molecule has 0 atom stereocenters. The number of benzene rings is 5. The van der Waals surface area contributed by atoms with E-state index >= 15 is 0 Å². The van der Waals surface area contributed by atoms with Crippen molar-refractivity contribution in [3.8, 4) is 0 Å². The number of rotatable bonds is 2. The fourth-order valence-electron chi connectivity index (χ4n) is 10.5. The topological polar surface area (TPSA) is 45.9 Å². The summed E-state index contributed by atoms with van der Waals surface area (Å²) in [5.41, 5.74) is 17.7. The van der Waals surface area contributed by atoms with Crippen LogP contribution in [0.5, 0.6) is 0 Å². The van der Waals surface area contributed by atoms with Gasteiger partial charge < -0.3 is 23.1 Å². The molecule has 0 bridgehead atoms. The summed E-state index contributed by atoms with van der Waals surface area (Å²) in [7, 11) is 0. The first kappa shape index (κ1) is 29.8. The Balaban J connectivity index is 1.18. The molecule has 2 aliphatic heterocycles. The van der Waals surface area contributed by atoms with Crippen molar-refractivity contribution in [2.75, 3.05) is 9.80 Å². The lowest BCUT2D eigenvalue weighted by Gasteiger charge is -2.42. The summed E-state index contributed by atoms with van der Waals surface area (Å²) in [4.78, 5) is 6.74. The SMILES string of the molecule is Cc1cc2c3c(c1)N(c1cccc4oc5ccccc5c14)c1c(sc4c1CCCC4)B3c1oc3c(c1N2c1cccc2oc4ccccc4c12)CCCC3. The second-order valence-corrected chi connectivity index (χ2v) is 16.8. The number of nitrogens with zero attached hydrogens (tertiary/aromatic N) is 2. The van der Waals surface area contributed by atoms with Gasteiger partial charge in [-0.25, -0.2) is 0 Å². The molecule has 0 saturated heterocycles. The summed E-state index contributed by atoms with van der Waals surface area (Å²) < 4.78 is 21.8. The summed E-state index contributed by atoms with van der Waals surface area (Å²) >= 11 is 2.04. The average molecular weight is 719 g/mol. The van der Waals surface area contributed by atoms with E-state index in [-0.39, 0.29) is 6.71 Å². The zero-order valence-electron chi connectivity index (χ0n) is 30.0. The molecule has 2 aliphatic carbocycles. The molecule has 5 nitrogen and oxygen atoms in total. The van der Waals surface area contributed by atoms with Crippen LogP contribution in [0, 0.1) is 6.92 Å². The predicted octanol–water partition coefficient (Wildman–Crippen LogP) is 11.3. The highest BCUT2D eigenvalue weighted by atomic mass is 32.1. The summed E-state index contributed by atoms with van der Waals surface area (Å²) in [6, 6.07) is 35.0. The molecule has 0 saturated carbocycles. The molecule has 54 heavy (non-hydrogen) atoms. The number of para-hydroxylation sites is 2. The molecule has 0 radical (unpaired) electrons. The summed E-state index contributed by atoms with van der Waals surface area (Å²) in [5, 5.41) is 4.60. The van der Waals surface area contributed by atoms with Crippen molar-refractivity contribution in [3.63, 3.8) is 0 Å². The first-order chi connectivity index (χ1) is 26.7. The Hall–Kier alpha value is -5.66. The second kappa shape index (κ2) is 10.7. The maximum Gasteiger partial charge on any atom is 0.309 e. The first-order valence-corrected chi connectivity index (χ1v) is 20.4. The van der Waals surface area contributed by atoms with Crippen LogP contribution in [0.15, 0.2) is 110 Å². The number of anilines is 6. The third-order valence-corrected chi connectivity index (χ3v) is 14.0. The average Bonchev–Trinajstić information content (AvgIpc) is 3.98. The van der Waals surface area contributed by atoms with E-state index in [0.29, 0.717) is 0 Å². The van der Waals surface area contributed by atoms with Crippen LogP contribution in [0.4, 0.5) is 34.1 Å². The second-order valence-electron chi connectivity index (χ2n) is 15.7. The van der Waals surface area contributed by atoms with E-state index in [0.717, 1.165) is 81.9 Å². The molecule has 0 N–H and O–H groups in total.